The van der Waals surface area contributed by atoms with Gasteiger partial charge in [0.25, 0.3) is 5.91 Å². The van der Waals surface area contributed by atoms with E-state index in [1.54, 1.807) is 30.5 Å². The lowest BCUT2D eigenvalue weighted by Crippen LogP contribution is -2.24. The molecule has 7 heteroatoms. The Morgan fingerprint density at radius 2 is 2.11 bits per heavy atom. The fraction of sp³-hybridized carbons (Fsp3) is 0.200. The molecule has 1 aromatic heterocycles. The Balaban J connectivity index is 1.84. The zero-order valence-electron chi connectivity index (χ0n) is 14.7. The van der Waals surface area contributed by atoms with E-state index in [0.717, 1.165) is 22.0 Å². The molecule has 0 spiro atoms. The molecule has 0 aliphatic carbocycles. The SMILES string of the molecule is COc1ccc(Cl)cc1NC(=O)c1cn2c3c(cc(Br)cc3c1=O)CC2C. The van der Waals surface area contributed by atoms with Gasteiger partial charge in [-0.2, -0.15) is 0 Å². The van der Waals surface area contributed by atoms with E-state index >= 15 is 0 Å². The third kappa shape index (κ3) is 3.03. The van der Waals surface area contributed by atoms with Gasteiger partial charge in [0, 0.05) is 27.1 Å². The zero-order chi connectivity index (χ0) is 19.3. The van der Waals surface area contributed by atoms with Crippen molar-refractivity contribution in [1.29, 1.82) is 0 Å². The minimum Gasteiger partial charge on any atom is -0.495 e. The number of benzene rings is 2. The molecule has 1 unspecified atom stereocenters. The van der Waals surface area contributed by atoms with E-state index in [-0.39, 0.29) is 17.0 Å². The Labute approximate surface area is 169 Å². The summed E-state index contributed by atoms with van der Waals surface area (Å²) >= 11 is 9.49. The Morgan fingerprint density at radius 3 is 2.85 bits per heavy atom. The number of rotatable bonds is 3. The fourth-order valence-electron chi connectivity index (χ4n) is 3.59. The summed E-state index contributed by atoms with van der Waals surface area (Å²) in [4.78, 5) is 25.9. The monoisotopic (exact) mass is 446 g/mol. The van der Waals surface area contributed by atoms with Crippen molar-refractivity contribution < 1.29 is 9.53 Å². The van der Waals surface area contributed by atoms with Gasteiger partial charge in [0.2, 0.25) is 5.43 Å². The highest BCUT2D eigenvalue weighted by atomic mass is 79.9. The summed E-state index contributed by atoms with van der Waals surface area (Å²) in [5.41, 5.74) is 2.21. The number of carbonyl (C=O) groups excluding carboxylic acids is 1. The molecule has 138 valence electrons. The fourth-order valence-corrected chi connectivity index (χ4v) is 4.27. The van der Waals surface area contributed by atoms with Crippen molar-refractivity contribution in [3.05, 3.63) is 67.4 Å². The van der Waals surface area contributed by atoms with E-state index in [4.69, 9.17) is 16.3 Å². The molecule has 1 aliphatic rings. The van der Waals surface area contributed by atoms with Crippen molar-refractivity contribution in [2.45, 2.75) is 19.4 Å². The number of nitrogens with one attached hydrogen (secondary N) is 1. The van der Waals surface area contributed by atoms with E-state index in [9.17, 15) is 9.59 Å². The van der Waals surface area contributed by atoms with Crippen LogP contribution in [-0.4, -0.2) is 17.6 Å². The molecule has 1 N–H and O–H groups in total. The maximum absolute atomic E-state index is 13.0. The molecule has 2 aromatic carbocycles. The highest BCUT2D eigenvalue weighted by Gasteiger charge is 2.25. The van der Waals surface area contributed by atoms with Crippen LogP contribution in [0.4, 0.5) is 5.69 Å². The molecule has 0 fully saturated rings. The first-order chi connectivity index (χ1) is 12.9. The Kier molecular flexibility index (Phi) is 4.48. The molecular formula is C20H16BrClN2O3. The molecule has 3 aromatic rings. The van der Waals surface area contributed by atoms with Gasteiger partial charge < -0.3 is 14.6 Å². The van der Waals surface area contributed by atoms with Crippen molar-refractivity contribution in [2.24, 2.45) is 0 Å². The number of methoxy groups -OCH3 is 1. The third-order valence-electron chi connectivity index (χ3n) is 4.81. The van der Waals surface area contributed by atoms with Crippen LogP contribution in [0.25, 0.3) is 10.9 Å². The molecule has 0 saturated carbocycles. The molecule has 1 amide bonds. The van der Waals surface area contributed by atoms with Crippen molar-refractivity contribution in [2.75, 3.05) is 12.4 Å². The van der Waals surface area contributed by atoms with Crippen LogP contribution < -0.4 is 15.5 Å². The molecular weight excluding hydrogens is 432 g/mol. The van der Waals surface area contributed by atoms with Gasteiger partial charge in [-0.15, -0.1) is 0 Å². The van der Waals surface area contributed by atoms with E-state index < -0.39 is 5.91 Å². The normalized spacial score (nSPS) is 15.2. The molecule has 0 saturated heterocycles. The van der Waals surface area contributed by atoms with Crippen LogP contribution in [0.1, 0.15) is 28.9 Å². The average molecular weight is 448 g/mol. The number of anilines is 1. The largest absolute Gasteiger partial charge is 0.495 e. The van der Waals surface area contributed by atoms with E-state index in [2.05, 4.69) is 28.2 Å². The number of halogens is 2. The lowest BCUT2D eigenvalue weighted by molar-refractivity contribution is 0.102. The molecule has 1 aliphatic heterocycles. The van der Waals surface area contributed by atoms with Gasteiger partial charge >= 0.3 is 0 Å². The minimum atomic E-state index is -0.494. The van der Waals surface area contributed by atoms with Gasteiger partial charge in [0.15, 0.2) is 0 Å². The molecule has 4 rings (SSSR count). The summed E-state index contributed by atoms with van der Waals surface area (Å²) in [6.07, 6.45) is 2.47. The number of pyridine rings is 1. The first-order valence-corrected chi connectivity index (χ1v) is 9.58. The third-order valence-corrected chi connectivity index (χ3v) is 5.51. The van der Waals surface area contributed by atoms with Gasteiger partial charge in [0.05, 0.1) is 18.3 Å². The standard InChI is InChI=1S/C20H16BrClN2O3/c1-10-5-11-6-12(21)7-14-18(11)24(10)9-15(19(14)25)20(26)23-16-8-13(22)3-4-17(16)27-2/h3-4,6-10H,5H2,1-2H3,(H,23,26). The van der Waals surface area contributed by atoms with Crippen LogP contribution >= 0.6 is 27.5 Å². The highest BCUT2D eigenvalue weighted by molar-refractivity contribution is 9.10. The molecule has 0 radical (unpaired) electrons. The number of carbonyl (C=O) groups is 1. The maximum atomic E-state index is 13.0. The summed E-state index contributed by atoms with van der Waals surface area (Å²) < 4.78 is 8.09. The highest BCUT2D eigenvalue weighted by Crippen LogP contribution is 2.34. The summed E-state index contributed by atoms with van der Waals surface area (Å²) in [6, 6.07) is 8.89. The Morgan fingerprint density at radius 1 is 1.33 bits per heavy atom. The second-order valence-corrected chi connectivity index (χ2v) is 7.94. The lowest BCUT2D eigenvalue weighted by Gasteiger charge is -2.14. The van der Waals surface area contributed by atoms with Crippen molar-refractivity contribution in [3.8, 4) is 5.75 Å². The number of ether oxygens (including phenoxy) is 1. The van der Waals surface area contributed by atoms with Gasteiger partial charge in [-0.05, 0) is 49.2 Å². The van der Waals surface area contributed by atoms with Crippen LogP contribution in [0.5, 0.6) is 5.75 Å². The molecule has 0 bridgehead atoms. The minimum absolute atomic E-state index is 0.0855. The quantitative estimate of drug-likeness (QED) is 0.628. The number of hydrogen-bond donors (Lipinski definition) is 1. The van der Waals surface area contributed by atoms with Crippen LogP contribution in [0, 0.1) is 0 Å². The summed E-state index contributed by atoms with van der Waals surface area (Å²) in [7, 11) is 1.51. The van der Waals surface area contributed by atoms with Crippen molar-refractivity contribution in [1.82, 2.24) is 4.57 Å². The van der Waals surface area contributed by atoms with E-state index in [0.29, 0.717) is 21.8 Å². The molecule has 5 nitrogen and oxygen atoms in total. The summed E-state index contributed by atoms with van der Waals surface area (Å²) in [6.45, 7) is 2.07. The summed E-state index contributed by atoms with van der Waals surface area (Å²) in [5.74, 6) is -0.0246. The van der Waals surface area contributed by atoms with E-state index in [1.165, 1.54) is 7.11 Å². The Bertz CT molecular complexity index is 1160. The van der Waals surface area contributed by atoms with E-state index in [1.807, 2.05) is 10.6 Å². The van der Waals surface area contributed by atoms with Crippen LogP contribution in [0.3, 0.4) is 0 Å². The molecule has 1 atom stereocenters. The van der Waals surface area contributed by atoms with Crippen LogP contribution in [0.2, 0.25) is 5.02 Å². The van der Waals surface area contributed by atoms with Crippen molar-refractivity contribution in [3.63, 3.8) is 0 Å². The first-order valence-electron chi connectivity index (χ1n) is 8.41. The number of hydrogen-bond acceptors (Lipinski definition) is 3. The van der Waals surface area contributed by atoms with Gasteiger partial charge in [-0.25, -0.2) is 0 Å². The van der Waals surface area contributed by atoms with Crippen molar-refractivity contribution >= 4 is 50.0 Å². The Hall–Kier alpha value is -2.31. The maximum Gasteiger partial charge on any atom is 0.261 e. The molecule has 27 heavy (non-hydrogen) atoms. The lowest BCUT2D eigenvalue weighted by atomic mass is 10.1. The number of aromatic nitrogens is 1. The number of amides is 1. The first kappa shape index (κ1) is 18.1. The zero-order valence-corrected chi connectivity index (χ0v) is 17.0. The van der Waals surface area contributed by atoms with Gasteiger partial charge in [0.1, 0.15) is 11.3 Å². The second-order valence-electron chi connectivity index (χ2n) is 6.59. The average Bonchev–Trinajstić information content (AvgIpc) is 2.93. The molecule has 2 heterocycles. The van der Waals surface area contributed by atoms with Gasteiger partial charge in [-0.1, -0.05) is 27.5 Å². The van der Waals surface area contributed by atoms with Crippen LogP contribution in [0.15, 0.2) is 45.8 Å². The second kappa shape index (κ2) is 6.69. The summed E-state index contributed by atoms with van der Waals surface area (Å²) in [5, 5.41) is 3.75. The van der Waals surface area contributed by atoms with Gasteiger partial charge in [-0.3, -0.25) is 9.59 Å². The number of nitrogens with zero attached hydrogens (tertiary/aromatic N) is 1. The van der Waals surface area contributed by atoms with Crippen LogP contribution in [-0.2, 0) is 6.42 Å². The predicted molar refractivity (Wildman–Crippen MR) is 110 cm³/mol. The smallest absolute Gasteiger partial charge is 0.261 e. The predicted octanol–water partition coefficient (Wildman–Crippen LogP) is 4.80. The topological polar surface area (TPSA) is 60.3 Å².